The predicted octanol–water partition coefficient (Wildman–Crippen LogP) is 5.45. The van der Waals surface area contributed by atoms with Crippen LogP contribution in [0.15, 0.2) is 77.9 Å². The van der Waals surface area contributed by atoms with Crippen LogP contribution in [0.4, 0.5) is 13.2 Å². The van der Waals surface area contributed by atoms with Crippen molar-refractivity contribution in [3.8, 4) is 5.75 Å². The summed E-state index contributed by atoms with van der Waals surface area (Å²) in [5.74, 6) is -0.520. The number of alkyl halides is 3. The minimum atomic E-state index is -4.60. The molecule has 6 nitrogen and oxygen atoms in total. The molecule has 178 valence electrons. The Morgan fingerprint density at radius 2 is 1.74 bits per heavy atom. The predicted molar refractivity (Wildman–Crippen MR) is 125 cm³/mol. The van der Waals surface area contributed by atoms with Gasteiger partial charge in [-0.05, 0) is 41.5 Å². The third-order valence-electron chi connectivity index (χ3n) is 6.10. The van der Waals surface area contributed by atoms with Crippen LogP contribution in [0.1, 0.15) is 35.0 Å². The highest BCUT2D eigenvalue weighted by Crippen LogP contribution is 2.37. The molecule has 2 heterocycles. The summed E-state index contributed by atoms with van der Waals surface area (Å²) >= 11 is 0. The van der Waals surface area contributed by atoms with Crippen LogP contribution in [0, 0.1) is 6.92 Å². The van der Waals surface area contributed by atoms with Crippen molar-refractivity contribution in [1.82, 2.24) is 14.8 Å². The van der Waals surface area contributed by atoms with E-state index in [2.05, 4.69) is 10.2 Å². The second-order valence-electron chi connectivity index (χ2n) is 8.45. The molecule has 1 amide bonds. The number of carbonyl (C=O) groups is 1. The summed E-state index contributed by atoms with van der Waals surface area (Å²) in [6.45, 7) is 1.05. The fourth-order valence-corrected chi connectivity index (χ4v) is 4.30. The first kappa shape index (κ1) is 22.6. The Hall–Kier alpha value is -4.14. The lowest BCUT2D eigenvalue weighted by Crippen LogP contribution is -2.31. The van der Waals surface area contributed by atoms with E-state index in [1.807, 2.05) is 42.5 Å². The molecule has 3 aromatic carbocycles. The number of carbonyl (C=O) groups excluding carboxylic acids is 1. The molecule has 0 saturated carbocycles. The lowest BCUT2D eigenvalue weighted by atomic mass is 9.96. The van der Waals surface area contributed by atoms with Crippen LogP contribution >= 0.6 is 0 Å². The van der Waals surface area contributed by atoms with Crippen molar-refractivity contribution in [3.63, 3.8) is 0 Å². The van der Waals surface area contributed by atoms with Gasteiger partial charge in [0.15, 0.2) is 5.69 Å². The van der Waals surface area contributed by atoms with Crippen LogP contribution in [-0.2, 0) is 17.5 Å². The highest BCUT2D eigenvalue weighted by Gasteiger charge is 2.37. The van der Waals surface area contributed by atoms with Crippen molar-refractivity contribution in [2.24, 2.45) is 5.10 Å². The molecule has 0 saturated heterocycles. The Balaban J connectivity index is 1.50. The standard InChI is InChI=1S/C26H21F3N4O2/c1-16-12-24(26(27,28)29)31-32(16)15-25(35)33-22(20-8-4-5-9-23(20)34)14-21(30-33)19-11-10-17-6-2-3-7-18(17)13-19/h2-13,22,34H,14-15H2,1H3/t22-/m1/s1. The molecule has 0 radical (unpaired) electrons. The van der Waals surface area contributed by atoms with Crippen molar-refractivity contribution in [3.05, 3.63) is 95.3 Å². The molecule has 1 N–H and O–H groups in total. The van der Waals surface area contributed by atoms with Gasteiger partial charge in [-0.3, -0.25) is 9.48 Å². The first-order chi connectivity index (χ1) is 16.7. The molecule has 0 bridgehead atoms. The number of aryl methyl sites for hydroxylation is 1. The normalized spacial score (nSPS) is 16.1. The van der Waals surface area contributed by atoms with Crippen molar-refractivity contribution >= 4 is 22.4 Å². The van der Waals surface area contributed by atoms with Gasteiger partial charge in [0.25, 0.3) is 5.91 Å². The van der Waals surface area contributed by atoms with E-state index in [1.54, 1.807) is 18.2 Å². The monoisotopic (exact) mass is 478 g/mol. The molecule has 0 spiro atoms. The number of rotatable bonds is 4. The number of hydrogen-bond acceptors (Lipinski definition) is 4. The van der Waals surface area contributed by atoms with Gasteiger partial charge in [-0.15, -0.1) is 0 Å². The van der Waals surface area contributed by atoms with Gasteiger partial charge >= 0.3 is 6.18 Å². The van der Waals surface area contributed by atoms with Gasteiger partial charge in [0.05, 0.1) is 11.8 Å². The number of phenols is 1. The lowest BCUT2D eigenvalue weighted by molar-refractivity contribution is -0.142. The average Bonchev–Trinajstić information content (AvgIpc) is 3.43. The van der Waals surface area contributed by atoms with E-state index in [4.69, 9.17) is 0 Å². The van der Waals surface area contributed by atoms with Crippen molar-refractivity contribution in [1.29, 1.82) is 0 Å². The number of para-hydroxylation sites is 1. The third-order valence-corrected chi connectivity index (χ3v) is 6.10. The molecule has 0 aliphatic carbocycles. The maximum absolute atomic E-state index is 13.3. The van der Waals surface area contributed by atoms with Gasteiger partial charge < -0.3 is 5.11 Å². The molecule has 5 rings (SSSR count). The maximum atomic E-state index is 13.3. The summed E-state index contributed by atoms with van der Waals surface area (Å²) in [4.78, 5) is 13.3. The summed E-state index contributed by atoms with van der Waals surface area (Å²) in [7, 11) is 0. The summed E-state index contributed by atoms with van der Waals surface area (Å²) in [5, 5.41) is 21.9. The summed E-state index contributed by atoms with van der Waals surface area (Å²) in [5.41, 5.74) is 1.14. The molecule has 0 fully saturated rings. The third kappa shape index (κ3) is 4.37. The Bertz CT molecular complexity index is 1460. The van der Waals surface area contributed by atoms with E-state index in [9.17, 15) is 23.1 Å². The number of benzene rings is 3. The molecule has 1 aliphatic heterocycles. The number of hydrazone groups is 1. The molecule has 1 atom stereocenters. The largest absolute Gasteiger partial charge is 0.508 e. The van der Waals surface area contributed by atoms with Crippen LogP contribution in [0.3, 0.4) is 0 Å². The first-order valence-corrected chi connectivity index (χ1v) is 11.0. The molecular weight excluding hydrogens is 457 g/mol. The average molecular weight is 478 g/mol. The number of hydrogen-bond donors (Lipinski definition) is 1. The molecular formula is C26H21F3N4O2. The molecule has 35 heavy (non-hydrogen) atoms. The highest BCUT2D eigenvalue weighted by molar-refractivity contribution is 6.05. The number of aromatic nitrogens is 2. The Morgan fingerprint density at radius 1 is 1.03 bits per heavy atom. The van der Waals surface area contributed by atoms with Gasteiger partial charge in [-0.25, -0.2) is 5.01 Å². The zero-order valence-electron chi connectivity index (χ0n) is 18.7. The molecule has 1 aromatic heterocycles. The summed E-state index contributed by atoms with van der Waals surface area (Å²) < 4.78 is 40.3. The van der Waals surface area contributed by atoms with Gasteiger partial charge in [0, 0.05) is 17.7 Å². The zero-order valence-corrected chi connectivity index (χ0v) is 18.7. The van der Waals surface area contributed by atoms with Gasteiger partial charge in [0.1, 0.15) is 12.3 Å². The Labute approximate surface area is 198 Å². The topological polar surface area (TPSA) is 70.7 Å². The second kappa shape index (κ2) is 8.57. The number of nitrogens with zero attached hydrogens (tertiary/aromatic N) is 4. The summed E-state index contributed by atoms with van der Waals surface area (Å²) in [6, 6.07) is 20.7. The maximum Gasteiger partial charge on any atom is 0.435 e. The van der Waals surface area contributed by atoms with Gasteiger partial charge in [-0.2, -0.15) is 23.4 Å². The SMILES string of the molecule is Cc1cc(C(F)(F)F)nn1CC(=O)N1N=C(c2ccc3ccccc3c2)C[C@@H]1c1ccccc1O. The van der Waals surface area contributed by atoms with E-state index < -0.39 is 30.4 Å². The first-order valence-electron chi connectivity index (χ1n) is 11.0. The quantitative estimate of drug-likeness (QED) is 0.424. The Morgan fingerprint density at radius 3 is 2.46 bits per heavy atom. The number of fused-ring (bicyclic) bond motifs is 1. The van der Waals surface area contributed by atoms with Crippen LogP contribution < -0.4 is 0 Å². The zero-order chi connectivity index (χ0) is 24.7. The van der Waals surface area contributed by atoms with E-state index in [0.29, 0.717) is 17.7 Å². The minimum absolute atomic E-state index is 0.0138. The van der Waals surface area contributed by atoms with Gasteiger partial charge in [-0.1, -0.05) is 54.6 Å². The van der Waals surface area contributed by atoms with Crippen LogP contribution in [0.5, 0.6) is 5.75 Å². The van der Waals surface area contributed by atoms with Crippen molar-refractivity contribution in [2.45, 2.75) is 32.1 Å². The van der Waals surface area contributed by atoms with E-state index in [-0.39, 0.29) is 11.4 Å². The smallest absolute Gasteiger partial charge is 0.435 e. The molecule has 1 aliphatic rings. The molecule has 0 unspecified atom stereocenters. The molecule has 4 aromatic rings. The Kier molecular flexibility index (Phi) is 5.55. The van der Waals surface area contributed by atoms with Gasteiger partial charge in [0.2, 0.25) is 0 Å². The lowest BCUT2D eigenvalue weighted by Gasteiger charge is -2.23. The summed E-state index contributed by atoms with van der Waals surface area (Å²) in [6.07, 6.45) is -4.26. The number of amides is 1. The van der Waals surface area contributed by atoms with E-state index in [1.165, 1.54) is 18.0 Å². The van der Waals surface area contributed by atoms with Crippen LogP contribution in [-0.4, -0.2) is 31.5 Å². The van der Waals surface area contributed by atoms with Crippen LogP contribution in [0.25, 0.3) is 10.8 Å². The van der Waals surface area contributed by atoms with Crippen molar-refractivity contribution in [2.75, 3.05) is 0 Å². The van der Waals surface area contributed by atoms with E-state index in [0.717, 1.165) is 27.1 Å². The highest BCUT2D eigenvalue weighted by atomic mass is 19.4. The minimum Gasteiger partial charge on any atom is -0.508 e. The molecule has 9 heteroatoms. The second-order valence-corrected chi connectivity index (χ2v) is 8.45. The fourth-order valence-electron chi connectivity index (χ4n) is 4.30. The van der Waals surface area contributed by atoms with E-state index >= 15 is 0 Å². The number of aromatic hydroxyl groups is 1. The fraction of sp³-hybridized carbons (Fsp3) is 0.192. The number of phenolic OH excluding ortho intramolecular Hbond substituents is 1. The van der Waals surface area contributed by atoms with Crippen molar-refractivity contribution < 1.29 is 23.1 Å². The van der Waals surface area contributed by atoms with Crippen LogP contribution in [0.2, 0.25) is 0 Å². The number of halogens is 3.